The van der Waals surface area contributed by atoms with E-state index in [2.05, 4.69) is 9.97 Å². The van der Waals surface area contributed by atoms with Gasteiger partial charge in [-0.3, -0.25) is 0 Å². The molecule has 0 aliphatic carbocycles. The number of nitrogens with zero attached hydrogens (tertiary/aromatic N) is 4. The van der Waals surface area contributed by atoms with E-state index in [1.807, 2.05) is 48.5 Å². The number of imidazole rings is 2. The van der Waals surface area contributed by atoms with Crippen molar-refractivity contribution in [1.82, 2.24) is 19.4 Å². The van der Waals surface area contributed by atoms with E-state index in [-0.39, 0.29) is 7.69 Å². The van der Waals surface area contributed by atoms with Crippen LogP contribution in [-0.4, -0.2) is 27.1 Å². The smallest absolute Gasteiger partial charge is 0.435 e. The van der Waals surface area contributed by atoms with Gasteiger partial charge >= 0.3 is 7.69 Å². The van der Waals surface area contributed by atoms with Gasteiger partial charge in [0.1, 0.15) is 23.7 Å². The van der Waals surface area contributed by atoms with Crippen molar-refractivity contribution in [2.75, 3.05) is 0 Å². The standard InChI is InChI=1S/C14H11BN4O2/c1-3-7-13-11(5-1)16-9-18(13)20-15-21-19-10-17-12-6-2-4-8-14(12)19/h1-10,15H. The number of rotatable bonds is 4. The van der Waals surface area contributed by atoms with Gasteiger partial charge in [0.2, 0.25) is 0 Å². The minimum atomic E-state index is 0.0563. The highest BCUT2D eigenvalue weighted by atomic mass is 16.7. The van der Waals surface area contributed by atoms with Crippen LogP contribution in [0.3, 0.4) is 0 Å². The lowest BCUT2D eigenvalue weighted by molar-refractivity contribution is 0.197. The second kappa shape index (κ2) is 4.86. The first kappa shape index (κ1) is 11.8. The minimum Gasteiger partial charge on any atom is -0.435 e. The monoisotopic (exact) mass is 278 g/mol. The molecular formula is C14H11BN4O2. The van der Waals surface area contributed by atoms with Crippen LogP contribution >= 0.6 is 0 Å². The maximum atomic E-state index is 5.56. The van der Waals surface area contributed by atoms with Gasteiger partial charge in [-0.05, 0) is 24.3 Å². The fraction of sp³-hybridized carbons (Fsp3) is 0. The molecule has 0 unspecified atom stereocenters. The van der Waals surface area contributed by atoms with E-state index < -0.39 is 0 Å². The molecule has 4 aromatic rings. The maximum absolute atomic E-state index is 5.56. The van der Waals surface area contributed by atoms with Crippen LogP contribution in [0, 0.1) is 0 Å². The van der Waals surface area contributed by atoms with Crippen molar-refractivity contribution in [3.8, 4) is 0 Å². The quantitative estimate of drug-likeness (QED) is 0.526. The average molecular weight is 278 g/mol. The highest BCUT2D eigenvalue weighted by Gasteiger charge is 2.06. The Balaban J connectivity index is 1.50. The Morgan fingerprint density at radius 3 is 1.71 bits per heavy atom. The third-order valence-corrected chi connectivity index (χ3v) is 3.23. The second-order valence-corrected chi connectivity index (χ2v) is 4.49. The number of fused-ring (bicyclic) bond motifs is 2. The normalized spacial score (nSPS) is 10.9. The van der Waals surface area contributed by atoms with Crippen molar-refractivity contribution in [3.05, 3.63) is 61.2 Å². The van der Waals surface area contributed by atoms with Gasteiger partial charge in [0.15, 0.2) is 0 Å². The van der Waals surface area contributed by atoms with E-state index >= 15 is 0 Å². The van der Waals surface area contributed by atoms with E-state index in [0.29, 0.717) is 0 Å². The summed E-state index contributed by atoms with van der Waals surface area (Å²) in [6, 6.07) is 15.5. The molecule has 0 N–H and O–H groups in total. The molecule has 0 radical (unpaired) electrons. The predicted octanol–water partition coefficient (Wildman–Crippen LogP) is 1.21. The van der Waals surface area contributed by atoms with Crippen LogP contribution in [0.1, 0.15) is 0 Å². The number of hydrogen-bond donors (Lipinski definition) is 0. The van der Waals surface area contributed by atoms with Crippen LogP contribution in [0.15, 0.2) is 61.2 Å². The highest BCUT2D eigenvalue weighted by molar-refractivity contribution is 6.18. The summed E-state index contributed by atoms with van der Waals surface area (Å²) < 4.78 is 14.3. The first-order valence-corrected chi connectivity index (χ1v) is 6.52. The Kier molecular flexibility index (Phi) is 2.74. The summed E-state index contributed by atoms with van der Waals surface area (Å²) in [6.07, 6.45) is 3.25. The van der Waals surface area contributed by atoms with E-state index in [9.17, 15) is 0 Å². The number of hydrogen-bond acceptors (Lipinski definition) is 4. The summed E-state index contributed by atoms with van der Waals surface area (Å²) in [5.74, 6) is 0. The van der Waals surface area contributed by atoms with E-state index in [4.69, 9.17) is 9.51 Å². The molecular weight excluding hydrogens is 267 g/mol. The lowest BCUT2D eigenvalue weighted by Gasteiger charge is -2.08. The minimum absolute atomic E-state index is 0.0563. The first-order valence-electron chi connectivity index (χ1n) is 6.52. The zero-order valence-corrected chi connectivity index (χ0v) is 11.1. The summed E-state index contributed by atoms with van der Waals surface area (Å²) in [7, 11) is 0.0563. The summed E-state index contributed by atoms with van der Waals surface area (Å²) >= 11 is 0. The molecule has 21 heavy (non-hydrogen) atoms. The summed E-state index contributed by atoms with van der Waals surface area (Å²) in [5, 5.41) is 0. The molecule has 0 fully saturated rings. The largest absolute Gasteiger partial charge is 0.617 e. The first-order chi connectivity index (χ1) is 10.4. The molecule has 102 valence electrons. The molecule has 2 aromatic heterocycles. The molecule has 0 aliphatic rings. The van der Waals surface area contributed by atoms with Crippen molar-refractivity contribution in [1.29, 1.82) is 0 Å². The molecule has 0 amide bonds. The average Bonchev–Trinajstić information content (AvgIpc) is 3.13. The molecule has 7 heteroatoms. The summed E-state index contributed by atoms with van der Waals surface area (Å²) in [5.41, 5.74) is 3.56. The topological polar surface area (TPSA) is 54.1 Å². The van der Waals surface area contributed by atoms with Crippen molar-refractivity contribution in [2.24, 2.45) is 0 Å². The SMILES string of the molecule is B(On1cnc2ccccc21)On1cnc2ccccc21. The van der Waals surface area contributed by atoms with Crippen molar-refractivity contribution < 1.29 is 9.51 Å². The maximum Gasteiger partial charge on any atom is 0.617 e. The van der Waals surface area contributed by atoms with Gasteiger partial charge in [-0.25, -0.2) is 9.97 Å². The zero-order valence-electron chi connectivity index (χ0n) is 11.1. The lowest BCUT2D eigenvalue weighted by atomic mass is 10.3. The molecule has 0 atom stereocenters. The molecule has 0 saturated carbocycles. The molecule has 6 nitrogen and oxygen atoms in total. The van der Waals surface area contributed by atoms with Gasteiger partial charge in [-0.1, -0.05) is 24.3 Å². The van der Waals surface area contributed by atoms with Crippen molar-refractivity contribution >= 4 is 29.8 Å². The van der Waals surface area contributed by atoms with Crippen LogP contribution in [0.2, 0.25) is 0 Å². The van der Waals surface area contributed by atoms with Gasteiger partial charge < -0.3 is 9.51 Å². The fourth-order valence-corrected chi connectivity index (χ4v) is 2.22. The van der Waals surface area contributed by atoms with E-state index in [0.717, 1.165) is 22.1 Å². The third-order valence-electron chi connectivity index (χ3n) is 3.23. The van der Waals surface area contributed by atoms with Crippen molar-refractivity contribution in [3.63, 3.8) is 0 Å². The molecule has 0 bridgehead atoms. The van der Waals surface area contributed by atoms with Gasteiger partial charge in [0.05, 0.1) is 11.0 Å². The fourth-order valence-electron chi connectivity index (χ4n) is 2.22. The number of para-hydroxylation sites is 4. The van der Waals surface area contributed by atoms with E-state index in [1.54, 1.807) is 22.1 Å². The van der Waals surface area contributed by atoms with Gasteiger partial charge in [-0.2, -0.15) is 9.46 Å². The van der Waals surface area contributed by atoms with Crippen molar-refractivity contribution in [2.45, 2.75) is 0 Å². The zero-order chi connectivity index (χ0) is 14.1. The third kappa shape index (κ3) is 2.08. The Morgan fingerprint density at radius 1 is 0.714 bits per heavy atom. The summed E-state index contributed by atoms with van der Waals surface area (Å²) in [6.45, 7) is 0. The van der Waals surface area contributed by atoms with Gasteiger partial charge in [0, 0.05) is 0 Å². The van der Waals surface area contributed by atoms with Gasteiger partial charge in [-0.15, -0.1) is 0 Å². The predicted molar refractivity (Wildman–Crippen MR) is 79.8 cm³/mol. The van der Waals surface area contributed by atoms with Crippen LogP contribution < -0.4 is 9.51 Å². The Morgan fingerprint density at radius 2 is 1.19 bits per heavy atom. The molecule has 2 heterocycles. The molecule has 2 aromatic carbocycles. The molecule has 0 spiro atoms. The highest BCUT2D eigenvalue weighted by Crippen LogP contribution is 2.11. The Hall–Kier alpha value is -2.96. The summed E-state index contributed by atoms with van der Waals surface area (Å²) in [4.78, 5) is 8.50. The number of benzene rings is 2. The molecule has 0 saturated heterocycles. The Labute approximate surface area is 120 Å². The molecule has 4 rings (SSSR count). The van der Waals surface area contributed by atoms with Crippen LogP contribution in [0.25, 0.3) is 22.1 Å². The van der Waals surface area contributed by atoms with Gasteiger partial charge in [0.25, 0.3) is 0 Å². The van der Waals surface area contributed by atoms with Crippen LogP contribution in [-0.2, 0) is 0 Å². The van der Waals surface area contributed by atoms with Crippen LogP contribution in [0.5, 0.6) is 0 Å². The number of aromatic nitrogens is 4. The van der Waals surface area contributed by atoms with Crippen LogP contribution in [0.4, 0.5) is 0 Å². The Bertz CT molecular complexity index is 828. The lowest BCUT2D eigenvalue weighted by Crippen LogP contribution is -2.26. The second-order valence-electron chi connectivity index (χ2n) is 4.49. The van der Waals surface area contributed by atoms with E-state index in [1.165, 1.54) is 0 Å². The molecule has 0 aliphatic heterocycles.